The molecule has 16 heavy (non-hydrogen) atoms. The zero-order valence-corrected chi connectivity index (χ0v) is 11.2. The molecule has 1 saturated carbocycles. The van der Waals surface area contributed by atoms with E-state index in [4.69, 9.17) is 5.73 Å². The van der Waals surface area contributed by atoms with Crippen LogP contribution in [0.25, 0.3) is 0 Å². The molecular weight excluding hydrogens is 196 g/mol. The molecule has 0 bridgehead atoms. The first-order chi connectivity index (χ1) is 7.60. The minimum atomic E-state index is 0.331. The van der Waals surface area contributed by atoms with Gasteiger partial charge < -0.3 is 5.73 Å². The Bertz CT molecular complexity index is 231. The lowest BCUT2D eigenvalue weighted by atomic mass is 9.72. The van der Waals surface area contributed by atoms with Crippen molar-refractivity contribution in [3.05, 3.63) is 0 Å². The molecule has 94 valence electrons. The van der Waals surface area contributed by atoms with Gasteiger partial charge >= 0.3 is 0 Å². The van der Waals surface area contributed by atoms with Crippen molar-refractivity contribution in [2.45, 2.75) is 52.0 Å². The van der Waals surface area contributed by atoms with E-state index >= 15 is 0 Å². The van der Waals surface area contributed by atoms with Crippen LogP contribution in [0, 0.1) is 17.8 Å². The van der Waals surface area contributed by atoms with Crippen LogP contribution < -0.4 is 5.73 Å². The first-order valence-corrected chi connectivity index (χ1v) is 7.05. The Labute approximate surface area is 101 Å². The van der Waals surface area contributed by atoms with E-state index in [1.54, 1.807) is 0 Å². The molecule has 2 nitrogen and oxygen atoms in total. The smallest absolute Gasteiger partial charge is 0.0357 e. The van der Waals surface area contributed by atoms with Crippen LogP contribution in [0.3, 0.4) is 0 Å². The van der Waals surface area contributed by atoms with E-state index in [1.165, 1.54) is 38.8 Å². The Morgan fingerprint density at radius 1 is 1.12 bits per heavy atom. The predicted molar refractivity (Wildman–Crippen MR) is 69.3 cm³/mol. The third-order valence-electron chi connectivity index (χ3n) is 5.39. The lowest BCUT2D eigenvalue weighted by Gasteiger charge is -2.49. The second-order valence-corrected chi connectivity index (χ2v) is 6.31. The summed E-state index contributed by atoms with van der Waals surface area (Å²) < 4.78 is 0. The van der Waals surface area contributed by atoms with Gasteiger partial charge in [0.2, 0.25) is 0 Å². The lowest BCUT2D eigenvalue weighted by Crippen LogP contribution is -2.58. The highest BCUT2D eigenvalue weighted by molar-refractivity contribution is 5.01. The molecule has 0 spiro atoms. The quantitative estimate of drug-likeness (QED) is 0.781. The number of nitrogens with zero attached hydrogens (tertiary/aromatic N) is 1. The molecule has 4 unspecified atom stereocenters. The van der Waals surface area contributed by atoms with Crippen LogP contribution in [0.2, 0.25) is 0 Å². The second-order valence-electron chi connectivity index (χ2n) is 6.31. The van der Waals surface area contributed by atoms with E-state index in [9.17, 15) is 0 Å². The molecular formula is C14H28N2. The molecule has 0 amide bonds. The maximum absolute atomic E-state index is 6.16. The zero-order chi connectivity index (χ0) is 11.8. The first kappa shape index (κ1) is 12.4. The van der Waals surface area contributed by atoms with Crippen molar-refractivity contribution in [3.63, 3.8) is 0 Å². The van der Waals surface area contributed by atoms with Gasteiger partial charge in [0.1, 0.15) is 0 Å². The van der Waals surface area contributed by atoms with Gasteiger partial charge in [-0.3, -0.25) is 4.90 Å². The summed E-state index contributed by atoms with van der Waals surface area (Å²) in [5.74, 6) is 2.47. The number of hydrogen-bond acceptors (Lipinski definition) is 2. The Hall–Kier alpha value is -0.0800. The van der Waals surface area contributed by atoms with Crippen LogP contribution in [-0.4, -0.2) is 30.1 Å². The summed E-state index contributed by atoms with van der Waals surface area (Å²) in [6.45, 7) is 10.6. The van der Waals surface area contributed by atoms with E-state index in [0.717, 1.165) is 24.3 Å². The van der Waals surface area contributed by atoms with Gasteiger partial charge in [-0.15, -0.1) is 0 Å². The molecule has 2 heteroatoms. The fourth-order valence-corrected chi connectivity index (χ4v) is 3.79. The molecule has 0 aromatic heterocycles. The largest absolute Gasteiger partial charge is 0.329 e. The first-order valence-electron chi connectivity index (χ1n) is 7.05. The molecule has 1 aliphatic heterocycles. The Morgan fingerprint density at radius 3 is 2.25 bits per heavy atom. The fourth-order valence-electron chi connectivity index (χ4n) is 3.79. The molecule has 0 aromatic carbocycles. The molecule has 2 rings (SSSR count). The second kappa shape index (κ2) is 4.66. The lowest BCUT2D eigenvalue weighted by molar-refractivity contribution is 0.0278. The molecule has 4 atom stereocenters. The maximum Gasteiger partial charge on any atom is 0.0357 e. The topological polar surface area (TPSA) is 29.3 Å². The molecule has 2 fully saturated rings. The van der Waals surface area contributed by atoms with E-state index in [1.807, 2.05) is 0 Å². The molecule has 1 heterocycles. The highest BCUT2D eigenvalue weighted by Crippen LogP contribution is 2.41. The number of nitrogens with two attached hydrogens (primary N) is 1. The van der Waals surface area contributed by atoms with Gasteiger partial charge in [-0.25, -0.2) is 0 Å². The molecule has 0 radical (unpaired) electrons. The van der Waals surface area contributed by atoms with Crippen molar-refractivity contribution >= 4 is 0 Å². The minimum absolute atomic E-state index is 0.331. The highest BCUT2D eigenvalue weighted by Gasteiger charge is 2.45. The minimum Gasteiger partial charge on any atom is -0.329 e. The van der Waals surface area contributed by atoms with Crippen LogP contribution in [0.1, 0.15) is 46.5 Å². The third kappa shape index (κ3) is 1.91. The van der Waals surface area contributed by atoms with Crippen molar-refractivity contribution in [2.24, 2.45) is 23.5 Å². The third-order valence-corrected chi connectivity index (χ3v) is 5.39. The van der Waals surface area contributed by atoms with E-state index in [0.29, 0.717) is 5.54 Å². The Morgan fingerprint density at radius 2 is 1.75 bits per heavy atom. The van der Waals surface area contributed by atoms with E-state index < -0.39 is 0 Å². The number of likely N-dealkylation sites (tertiary alicyclic amines) is 1. The van der Waals surface area contributed by atoms with Gasteiger partial charge in [-0.05, 0) is 30.6 Å². The predicted octanol–water partition coefficient (Wildman–Crippen LogP) is 2.48. The summed E-state index contributed by atoms with van der Waals surface area (Å²) in [7, 11) is 0. The highest BCUT2D eigenvalue weighted by atomic mass is 15.2. The summed E-state index contributed by atoms with van der Waals surface area (Å²) in [6.07, 6.45) is 5.48. The average Bonchev–Trinajstić information content (AvgIpc) is 2.61. The Balaban J connectivity index is 2.14. The molecule has 2 N–H and O–H groups in total. The SMILES string of the molecule is CC1CN(C2(CN)CCCCC2C)CC1C. The summed E-state index contributed by atoms with van der Waals surface area (Å²) in [6, 6.07) is 0. The van der Waals surface area contributed by atoms with Crippen molar-refractivity contribution < 1.29 is 0 Å². The van der Waals surface area contributed by atoms with Crippen molar-refractivity contribution in [3.8, 4) is 0 Å². The molecule has 2 aliphatic rings. The number of rotatable bonds is 2. The summed E-state index contributed by atoms with van der Waals surface area (Å²) in [5, 5.41) is 0. The maximum atomic E-state index is 6.16. The zero-order valence-electron chi connectivity index (χ0n) is 11.2. The van der Waals surface area contributed by atoms with Gasteiger partial charge in [0.05, 0.1) is 0 Å². The molecule has 1 aliphatic carbocycles. The van der Waals surface area contributed by atoms with E-state index in [2.05, 4.69) is 25.7 Å². The van der Waals surface area contributed by atoms with Crippen molar-refractivity contribution in [1.29, 1.82) is 0 Å². The van der Waals surface area contributed by atoms with Crippen molar-refractivity contribution in [1.82, 2.24) is 4.90 Å². The standard InChI is InChI=1S/C14H28N2/c1-11-8-16(9-12(11)2)14(10-15)7-5-4-6-13(14)3/h11-13H,4-10,15H2,1-3H3. The van der Waals surface area contributed by atoms with Crippen LogP contribution in [0.5, 0.6) is 0 Å². The van der Waals surface area contributed by atoms with Gasteiger partial charge in [-0.1, -0.05) is 33.6 Å². The van der Waals surface area contributed by atoms with Crippen LogP contribution in [-0.2, 0) is 0 Å². The van der Waals surface area contributed by atoms with Crippen LogP contribution >= 0.6 is 0 Å². The van der Waals surface area contributed by atoms with Gasteiger partial charge in [-0.2, -0.15) is 0 Å². The summed E-state index contributed by atoms with van der Waals surface area (Å²) >= 11 is 0. The van der Waals surface area contributed by atoms with E-state index in [-0.39, 0.29) is 0 Å². The Kier molecular flexibility index (Phi) is 3.60. The molecule has 1 saturated heterocycles. The summed E-state index contributed by atoms with van der Waals surface area (Å²) in [5.41, 5.74) is 6.49. The summed E-state index contributed by atoms with van der Waals surface area (Å²) in [4.78, 5) is 2.73. The molecule has 0 aromatic rings. The number of hydrogen-bond donors (Lipinski definition) is 1. The van der Waals surface area contributed by atoms with Gasteiger partial charge in [0, 0.05) is 25.2 Å². The van der Waals surface area contributed by atoms with Crippen molar-refractivity contribution in [2.75, 3.05) is 19.6 Å². The van der Waals surface area contributed by atoms with Crippen LogP contribution in [0.15, 0.2) is 0 Å². The van der Waals surface area contributed by atoms with Crippen LogP contribution in [0.4, 0.5) is 0 Å². The van der Waals surface area contributed by atoms with Gasteiger partial charge in [0.15, 0.2) is 0 Å². The normalized spacial score (nSPS) is 46.1. The fraction of sp³-hybridized carbons (Fsp3) is 1.00. The average molecular weight is 224 g/mol. The van der Waals surface area contributed by atoms with Gasteiger partial charge in [0.25, 0.3) is 0 Å². The monoisotopic (exact) mass is 224 g/mol.